The predicted octanol–water partition coefficient (Wildman–Crippen LogP) is 1.68. The lowest BCUT2D eigenvalue weighted by molar-refractivity contribution is 0.0771. The van der Waals surface area contributed by atoms with Gasteiger partial charge in [0.1, 0.15) is 0 Å². The van der Waals surface area contributed by atoms with Crippen molar-refractivity contribution in [3.8, 4) is 0 Å². The molecule has 3 rings (SSSR count). The summed E-state index contributed by atoms with van der Waals surface area (Å²) in [6.07, 6.45) is 1.99. The Hall–Kier alpha value is -0.620. The van der Waals surface area contributed by atoms with Gasteiger partial charge in [-0.05, 0) is 24.6 Å². The highest BCUT2D eigenvalue weighted by Crippen LogP contribution is 2.27. The van der Waals surface area contributed by atoms with Gasteiger partial charge < -0.3 is 15.0 Å². The Balaban J connectivity index is 0.00000133. The summed E-state index contributed by atoms with van der Waals surface area (Å²) in [5.74, 6) is 0.193. The first kappa shape index (κ1) is 14.8. The summed E-state index contributed by atoms with van der Waals surface area (Å²) in [4.78, 5) is 16.6. The molecule has 6 heteroatoms. The third-order valence-corrected chi connectivity index (χ3v) is 4.69. The van der Waals surface area contributed by atoms with Gasteiger partial charge in [-0.25, -0.2) is 0 Å². The van der Waals surface area contributed by atoms with Gasteiger partial charge in [-0.15, -0.1) is 23.7 Å². The van der Waals surface area contributed by atoms with Crippen LogP contribution in [-0.2, 0) is 17.8 Å². The second kappa shape index (κ2) is 6.70. The molecule has 1 saturated heterocycles. The van der Waals surface area contributed by atoms with Crippen LogP contribution in [0.2, 0.25) is 0 Å². The van der Waals surface area contributed by atoms with Gasteiger partial charge >= 0.3 is 0 Å². The van der Waals surface area contributed by atoms with Gasteiger partial charge in [-0.3, -0.25) is 4.79 Å². The van der Waals surface area contributed by atoms with E-state index in [4.69, 9.17) is 4.74 Å². The lowest BCUT2D eigenvalue weighted by Crippen LogP contribution is -2.33. The largest absolute Gasteiger partial charge is 0.376 e. The van der Waals surface area contributed by atoms with Crippen LogP contribution in [0.15, 0.2) is 6.07 Å². The monoisotopic (exact) mass is 302 g/mol. The molecule has 1 fully saturated rings. The second-order valence-corrected chi connectivity index (χ2v) is 5.89. The molecule has 0 unspecified atom stereocenters. The standard InChI is InChI=1S/C13H18N2O2S.ClH/c16-13(15-5-1-3-14-4-6-15)12-8-10-9-17-7-2-11(10)18-12;/h8,14H,1-7,9H2;1H. The molecule has 0 aliphatic carbocycles. The molecule has 2 aliphatic rings. The molecular formula is C13H19ClN2O2S. The summed E-state index contributed by atoms with van der Waals surface area (Å²) in [5, 5.41) is 3.32. The van der Waals surface area contributed by atoms with Crippen LogP contribution >= 0.6 is 23.7 Å². The third-order valence-electron chi connectivity index (χ3n) is 3.47. The number of ether oxygens (including phenoxy) is 1. The number of fused-ring (bicyclic) bond motifs is 1. The molecule has 1 aromatic heterocycles. The van der Waals surface area contributed by atoms with Crippen molar-refractivity contribution >= 4 is 29.7 Å². The first-order valence-corrected chi connectivity index (χ1v) is 7.35. The van der Waals surface area contributed by atoms with E-state index < -0.39 is 0 Å². The fourth-order valence-electron chi connectivity index (χ4n) is 2.46. The zero-order chi connectivity index (χ0) is 12.4. The molecule has 0 atom stereocenters. The summed E-state index contributed by atoms with van der Waals surface area (Å²) in [7, 11) is 0. The minimum atomic E-state index is 0. The number of nitrogens with one attached hydrogen (secondary N) is 1. The lowest BCUT2D eigenvalue weighted by Gasteiger charge is -2.18. The van der Waals surface area contributed by atoms with Gasteiger partial charge in [0, 0.05) is 30.9 Å². The maximum absolute atomic E-state index is 12.4. The predicted molar refractivity (Wildman–Crippen MR) is 78.3 cm³/mol. The van der Waals surface area contributed by atoms with E-state index in [0.29, 0.717) is 6.61 Å². The minimum Gasteiger partial charge on any atom is -0.376 e. The summed E-state index contributed by atoms with van der Waals surface area (Å²) in [6, 6.07) is 2.03. The van der Waals surface area contributed by atoms with Crippen LogP contribution < -0.4 is 5.32 Å². The maximum atomic E-state index is 12.4. The Morgan fingerprint density at radius 2 is 2.26 bits per heavy atom. The lowest BCUT2D eigenvalue weighted by atomic mass is 10.2. The van der Waals surface area contributed by atoms with E-state index in [0.717, 1.165) is 50.5 Å². The molecule has 0 saturated carbocycles. The molecule has 1 aromatic rings. The van der Waals surface area contributed by atoms with Crippen molar-refractivity contribution in [2.45, 2.75) is 19.4 Å². The van der Waals surface area contributed by atoms with E-state index in [9.17, 15) is 4.79 Å². The van der Waals surface area contributed by atoms with Crippen molar-refractivity contribution in [1.82, 2.24) is 10.2 Å². The van der Waals surface area contributed by atoms with Crippen LogP contribution in [0, 0.1) is 0 Å². The first-order chi connectivity index (χ1) is 8.84. The van der Waals surface area contributed by atoms with Gasteiger partial charge in [-0.1, -0.05) is 0 Å². The molecule has 2 aliphatic heterocycles. The van der Waals surface area contributed by atoms with Crippen LogP contribution in [-0.4, -0.2) is 43.6 Å². The summed E-state index contributed by atoms with van der Waals surface area (Å²) in [6.45, 7) is 5.05. The normalized spacial score (nSPS) is 19.3. The minimum absolute atomic E-state index is 0. The van der Waals surface area contributed by atoms with E-state index in [1.54, 1.807) is 11.3 Å². The number of thiophene rings is 1. The van der Waals surface area contributed by atoms with Crippen molar-refractivity contribution in [1.29, 1.82) is 0 Å². The van der Waals surface area contributed by atoms with E-state index in [1.165, 1.54) is 10.4 Å². The zero-order valence-corrected chi connectivity index (χ0v) is 12.4. The number of amides is 1. The van der Waals surface area contributed by atoms with E-state index in [1.807, 2.05) is 11.0 Å². The molecule has 3 heterocycles. The van der Waals surface area contributed by atoms with Crippen LogP contribution in [0.1, 0.15) is 26.5 Å². The van der Waals surface area contributed by atoms with Crippen molar-refractivity contribution in [3.63, 3.8) is 0 Å². The Morgan fingerprint density at radius 1 is 1.37 bits per heavy atom. The number of hydrogen-bond acceptors (Lipinski definition) is 4. The number of hydrogen-bond donors (Lipinski definition) is 1. The van der Waals surface area contributed by atoms with Crippen molar-refractivity contribution in [2.24, 2.45) is 0 Å². The highest BCUT2D eigenvalue weighted by molar-refractivity contribution is 7.14. The van der Waals surface area contributed by atoms with Gasteiger partial charge in [0.15, 0.2) is 0 Å². The maximum Gasteiger partial charge on any atom is 0.263 e. The summed E-state index contributed by atoms with van der Waals surface area (Å²) >= 11 is 1.65. The molecule has 0 bridgehead atoms. The Kier molecular flexibility index (Phi) is 5.21. The number of rotatable bonds is 1. The van der Waals surface area contributed by atoms with Crippen LogP contribution in [0.25, 0.3) is 0 Å². The van der Waals surface area contributed by atoms with Crippen LogP contribution in [0.4, 0.5) is 0 Å². The quantitative estimate of drug-likeness (QED) is 0.858. The van der Waals surface area contributed by atoms with E-state index in [-0.39, 0.29) is 18.3 Å². The summed E-state index contributed by atoms with van der Waals surface area (Å²) in [5.41, 5.74) is 1.21. The van der Waals surface area contributed by atoms with Crippen LogP contribution in [0.3, 0.4) is 0 Å². The molecule has 106 valence electrons. The zero-order valence-electron chi connectivity index (χ0n) is 10.8. The average Bonchev–Trinajstić information content (AvgIpc) is 2.64. The highest BCUT2D eigenvalue weighted by atomic mass is 35.5. The fourth-order valence-corrected chi connectivity index (χ4v) is 3.57. The smallest absolute Gasteiger partial charge is 0.263 e. The number of nitrogens with zero attached hydrogens (tertiary/aromatic N) is 1. The molecular weight excluding hydrogens is 284 g/mol. The first-order valence-electron chi connectivity index (χ1n) is 6.54. The topological polar surface area (TPSA) is 41.6 Å². The van der Waals surface area contributed by atoms with E-state index in [2.05, 4.69) is 5.32 Å². The highest BCUT2D eigenvalue weighted by Gasteiger charge is 2.22. The summed E-state index contributed by atoms with van der Waals surface area (Å²) < 4.78 is 5.43. The second-order valence-electron chi connectivity index (χ2n) is 4.76. The molecule has 1 N–H and O–H groups in total. The molecule has 4 nitrogen and oxygen atoms in total. The van der Waals surface area contributed by atoms with Gasteiger partial charge in [0.2, 0.25) is 0 Å². The number of carbonyl (C=O) groups is 1. The van der Waals surface area contributed by atoms with Gasteiger partial charge in [0.25, 0.3) is 5.91 Å². The number of carbonyl (C=O) groups excluding carboxylic acids is 1. The Morgan fingerprint density at radius 3 is 3.11 bits per heavy atom. The van der Waals surface area contributed by atoms with E-state index >= 15 is 0 Å². The SMILES string of the molecule is Cl.O=C(c1cc2c(s1)CCOC2)N1CCCNCC1. The Bertz CT molecular complexity index is 418. The van der Waals surface area contributed by atoms with Crippen molar-refractivity contribution < 1.29 is 9.53 Å². The number of halogens is 1. The van der Waals surface area contributed by atoms with Gasteiger partial charge in [-0.2, -0.15) is 0 Å². The average molecular weight is 303 g/mol. The Labute approximate surface area is 123 Å². The third kappa shape index (κ3) is 3.28. The molecule has 0 spiro atoms. The molecule has 0 radical (unpaired) electrons. The fraction of sp³-hybridized carbons (Fsp3) is 0.615. The molecule has 19 heavy (non-hydrogen) atoms. The molecule has 1 amide bonds. The van der Waals surface area contributed by atoms with Gasteiger partial charge in [0.05, 0.1) is 18.1 Å². The van der Waals surface area contributed by atoms with Crippen molar-refractivity contribution in [2.75, 3.05) is 32.8 Å². The van der Waals surface area contributed by atoms with Crippen molar-refractivity contribution in [3.05, 3.63) is 21.4 Å². The molecule has 0 aromatic carbocycles. The van der Waals surface area contributed by atoms with Crippen LogP contribution in [0.5, 0.6) is 0 Å².